The lowest BCUT2D eigenvalue weighted by atomic mass is 10.1. The van der Waals surface area contributed by atoms with Crippen molar-refractivity contribution in [2.45, 2.75) is 11.3 Å². The molecule has 0 radical (unpaired) electrons. The van der Waals surface area contributed by atoms with Crippen LogP contribution < -0.4 is 5.32 Å². The second-order valence-corrected chi connectivity index (χ2v) is 7.34. The molecule has 1 aliphatic rings. The van der Waals surface area contributed by atoms with Crippen molar-refractivity contribution in [3.05, 3.63) is 54.6 Å². The molecule has 0 spiro atoms. The van der Waals surface area contributed by atoms with Gasteiger partial charge in [0.15, 0.2) is 0 Å². The molecule has 0 unspecified atom stereocenters. The lowest BCUT2D eigenvalue weighted by Crippen LogP contribution is -2.34. The third-order valence-electron chi connectivity index (χ3n) is 3.90. The highest BCUT2D eigenvalue weighted by atomic mass is 32.2. The van der Waals surface area contributed by atoms with Crippen LogP contribution in [0.3, 0.4) is 0 Å². The second kappa shape index (κ2) is 6.60. The van der Waals surface area contributed by atoms with E-state index in [0.29, 0.717) is 24.5 Å². The van der Waals surface area contributed by atoms with E-state index in [0.717, 1.165) is 24.1 Å². The molecule has 2 aromatic rings. The van der Waals surface area contributed by atoms with Crippen LogP contribution in [0.15, 0.2) is 59.5 Å². The molecule has 0 atom stereocenters. The molecule has 0 bridgehead atoms. The largest absolute Gasteiger partial charge is 0.315 e. The van der Waals surface area contributed by atoms with E-state index in [2.05, 4.69) is 5.32 Å². The smallest absolute Gasteiger partial charge is 0.243 e. The molecule has 1 N–H and O–H groups in total. The van der Waals surface area contributed by atoms with Crippen molar-refractivity contribution in [3.63, 3.8) is 0 Å². The quantitative estimate of drug-likeness (QED) is 0.945. The molecule has 0 saturated carbocycles. The molecule has 1 fully saturated rings. The van der Waals surface area contributed by atoms with Crippen LogP contribution in [0.25, 0.3) is 11.1 Å². The maximum absolute atomic E-state index is 12.7. The van der Waals surface area contributed by atoms with Crippen LogP contribution in [0.5, 0.6) is 0 Å². The number of hydrogen-bond donors (Lipinski definition) is 1. The average Bonchev–Trinajstić information content (AvgIpc) is 2.86. The Morgan fingerprint density at radius 2 is 1.50 bits per heavy atom. The molecule has 2 aromatic carbocycles. The van der Waals surface area contributed by atoms with Gasteiger partial charge in [-0.25, -0.2) is 8.42 Å². The van der Waals surface area contributed by atoms with Crippen molar-refractivity contribution in [1.29, 1.82) is 0 Å². The minimum Gasteiger partial charge on any atom is -0.315 e. The van der Waals surface area contributed by atoms with E-state index in [1.165, 1.54) is 0 Å². The maximum Gasteiger partial charge on any atom is 0.243 e. The Morgan fingerprint density at radius 3 is 2.23 bits per heavy atom. The fraction of sp³-hybridized carbons (Fsp3) is 0.294. The molecule has 1 heterocycles. The van der Waals surface area contributed by atoms with Gasteiger partial charge in [0.1, 0.15) is 0 Å². The summed E-state index contributed by atoms with van der Waals surface area (Å²) in [6.07, 6.45) is 0.849. The summed E-state index contributed by atoms with van der Waals surface area (Å²) in [6.45, 7) is 2.69. The van der Waals surface area contributed by atoms with E-state index in [4.69, 9.17) is 0 Å². The molecule has 4 nitrogen and oxygen atoms in total. The van der Waals surface area contributed by atoms with Gasteiger partial charge in [0.25, 0.3) is 0 Å². The lowest BCUT2D eigenvalue weighted by Gasteiger charge is -2.19. The van der Waals surface area contributed by atoms with E-state index in [9.17, 15) is 8.42 Å². The van der Waals surface area contributed by atoms with Crippen molar-refractivity contribution in [3.8, 4) is 11.1 Å². The Labute approximate surface area is 131 Å². The van der Waals surface area contributed by atoms with Crippen LogP contribution in [-0.2, 0) is 10.0 Å². The number of hydrogen-bond acceptors (Lipinski definition) is 3. The number of sulfonamides is 1. The predicted molar refractivity (Wildman–Crippen MR) is 88.1 cm³/mol. The third kappa shape index (κ3) is 3.21. The molecule has 116 valence electrons. The summed E-state index contributed by atoms with van der Waals surface area (Å²) < 4.78 is 26.9. The van der Waals surface area contributed by atoms with Crippen molar-refractivity contribution < 1.29 is 8.42 Å². The Hall–Kier alpha value is -1.69. The minimum atomic E-state index is -3.39. The maximum atomic E-state index is 12.7. The zero-order valence-electron chi connectivity index (χ0n) is 12.4. The van der Waals surface area contributed by atoms with E-state index in [1.54, 1.807) is 16.4 Å². The molecular weight excluding hydrogens is 296 g/mol. The summed E-state index contributed by atoms with van der Waals surface area (Å²) in [5.74, 6) is 0. The second-order valence-electron chi connectivity index (χ2n) is 5.40. The van der Waals surface area contributed by atoms with Crippen LogP contribution in [0.1, 0.15) is 6.42 Å². The molecule has 5 heteroatoms. The molecule has 22 heavy (non-hydrogen) atoms. The van der Waals surface area contributed by atoms with E-state index >= 15 is 0 Å². The van der Waals surface area contributed by atoms with Gasteiger partial charge in [0, 0.05) is 19.6 Å². The fourth-order valence-corrected chi connectivity index (χ4v) is 4.14. The summed E-state index contributed by atoms with van der Waals surface area (Å²) in [6, 6.07) is 17.1. The Bertz CT molecular complexity index is 704. The first kappa shape index (κ1) is 15.2. The van der Waals surface area contributed by atoms with Crippen molar-refractivity contribution in [1.82, 2.24) is 9.62 Å². The first-order valence-electron chi connectivity index (χ1n) is 7.54. The third-order valence-corrected chi connectivity index (χ3v) is 5.81. The van der Waals surface area contributed by atoms with Gasteiger partial charge in [-0.15, -0.1) is 0 Å². The van der Waals surface area contributed by atoms with Gasteiger partial charge in [0.2, 0.25) is 10.0 Å². The Kier molecular flexibility index (Phi) is 4.57. The zero-order chi connectivity index (χ0) is 15.4. The van der Waals surface area contributed by atoms with Gasteiger partial charge >= 0.3 is 0 Å². The van der Waals surface area contributed by atoms with Gasteiger partial charge in [-0.05, 0) is 36.2 Å². The number of nitrogens with one attached hydrogen (secondary N) is 1. The van der Waals surface area contributed by atoms with Crippen LogP contribution >= 0.6 is 0 Å². The molecule has 3 rings (SSSR count). The van der Waals surface area contributed by atoms with Gasteiger partial charge in [-0.1, -0.05) is 42.5 Å². The van der Waals surface area contributed by atoms with E-state index < -0.39 is 10.0 Å². The Balaban J connectivity index is 1.85. The molecule has 1 aliphatic heterocycles. The SMILES string of the molecule is O=S(=O)(c1ccc(-c2ccccc2)cc1)N1CCCNCC1. The van der Waals surface area contributed by atoms with E-state index in [1.807, 2.05) is 42.5 Å². The molecule has 1 saturated heterocycles. The van der Waals surface area contributed by atoms with Crippen LogP contribution in [0, 0.1) is 0 Å². The molecule has 0 aliphatic carbocycles. The monoisotopic (exact) mass is 316 g/mol. The number of nitrogens with zero attached hydrogens (tertiary/aromatic N) is 1. The van der Waals surface area contributed by atoms with Crippen molar-refractivity contribution >= 4 is 10.0 Å². The zero-order valence-corrected chi connectivity index (χ0v) is 13.2. The van der Waals surface area contributed by atoms with Crippen molar-refractivity contribution in [2.75, 3.05) is 26.2 Å². The highest BCUT2D eigenvalue weighted by Crippen LogP contribution is 2.23. The fourth-order valence-electron chi connectivity index (χ4n) is 2.66. The van der Waals surface area contributed by atoms with E-state index in [-0.39, 0.29) is 0 Å². The summed E-state index contributed by atoms with van der Waals surface area (Å²) in [5.41, 5.74) is 2.11. The highest BCUT2D eigenvalue weighted by Gasteiger charge is 2.24. The summed E-state index contributed by atoms with van der Waals surface area (Å²) in [4.78, 5) is 0.370. The van der Waals surface area contributed by atoms with Gasteiger partial charge < -0.3 is 5.32 Å². The Morgan fingerprint density at radius 1 is 0.818 bits per heavy atom. The highest BCUT2D eigenvalue weighted by molar-refractivity contribution is 7.89. The van der Waals surface area contributed by atoms with Crippen LogP contribution in [0.4, 0.5) is 0 Å². The van der Waals surface area contributed by atoms with Gasteiger partial charge in [-0.3, -0.25) is 0 Å². The van der Waals surface area contributed by atoms with Gasteiger partial charge in [0.05, 0.1) is 4.90 Å². The van der Waals surface area contributed by atoms with Crippen molar-refractivity contribution in [2.24, 2.45) is 0 Å². The summed E-state index contributed by atoms with van der Waals surface area (Å²) in [5, 5.41) is 3.23. The molecule has 0 aromatic heterocycles. The first-order valence-corrected chi connectivity index (χ1v) is 8.98. The van der Waals surface area contributed by atoms with Crippen LogP contribution in [0.2, 0.25) is 0 Å². The minimum absolute atomic E-state index is 0.370. The number of rotatable bonds is 3. The average molecular weight is 316 g/mol. The molecule has 0 amide bonds. The topological polar surface area (TPSA) is 49.4 Å². The van der Waals surface area contributed by atoms with Gasteiger partial charge in [-0.2, -0.15) is 4.31 Å². The number of benzene rings is 2. The lowest BCUT2D eigenvalue weighted by molar-refractivity contribution is 0.432. The standard InChI is InChI=1S/C17H20N2O2S/c20-22(21,19-13-4-11-18-12-14-19)17-9-7-16(8-10-17)15-5-2-1-3-6-15/h1-3,5-10,18H,4,11-14H2. The summed E-state index contributed by atoms with van der Waals surface area (Å²) >= 11 is 0. The normalized spacial score (nSPS) is 17.1. The predicted octanol–water partition coefficient (Wildman–Crippen LogP) is 2.34. The first-order chi connectivity index (χ1) is 10.7. The van der Waals surface area contributed by atoms with Crippen LogP contribution in [-0.4, -0.2) is 38.9 Å². The molecular formula is C17H20N2O2S. The summed E-state index contributed by atoms with van der Waals surface area (Å²) in [7, 11) is -3.39.